The monoisotopic (exact) mass is 691 g/mol. The molecular formula is C35H38BrN3O5S. The first-order valence-electron chi connectivity index (χ1n) is 14.9. The Morgan fingerprint density at radius 3 is 2.11 bits per heavy atom. The van der Waals surface area contributed by atoms with Gasteiger partial charge in [-0.2, -0.15) is 0 Å². The second-order valence-electron chi connectivity index (χ2n) is 10.4. The van der Waals surface area contributed by atoms with E-state index >= 15 is 0 Å². The lowest BCUT2D eigenvalue weighted by Gasteiger charge is -2.34. The van der Waals surface area contributed by atoms with Crippen LogP contribution in [0.4, 0.5) is 5.69 Å². The van der Waals surface area contributed by atoms with Crippen molar-refractivity contribution in [3.63, 3.8) is 0 Å². The van der Waals surface area contributed by atoms with E-state index < -0.39 is 28.5 Å². The molecule has 10 heteroatoms. The summed E-state index contributed by atoms with van der Waals surface area (Å²) < 4.78 is 35.7. The van der Waals surface area contributed by atoms with Gasteiger partial charge < -0.3 is 15.0 Å². The summed E-state index contributed by atoms with van der Waals surface area (Å²) in [7, 11) is -4.19. The molecule has 0 bridgehead atoms. The van der Waals surface area contributed by atoms with Gasteiger partial charge in [0.05, 0.1) is 17.2 Å². The lowest BCUT2D eigenvalue weighted by Crippen LogP contribution is -2.53. The van der Waals surface area contributed by atoms with E-state index in [0.29, 0.717) is 24.6 Å². The second kappa shape index (κ2) is 16.2. The Bertz CT molecular complexity index is 1650. The normalized spacial score (nSPS) is 11.8. The van der Waals surface area contributed by atoms with Crippen molar-refractivity contribution in [3.8, 4) is 5.75 Å². The average molecular weight is 693 g/mol. The van der Waals surface area contributed by atoms with Crippen LogP contribution in [0.3, 0.4) is 0 Å². The van der Waals surface area contributed by atoms with E-state index in [1.165, 1.54) is 17.0 Å². The van der Waals surface area contributed by atoms with Crippen LogP contribution in [-0.4, -0.2) is 50.9 Å². The van der Waals surface area contributed by atoms with Gasteiger partial charge in [0.2, 0.25) is 11.8 Å². The third kappa shape index (κ3) is 9.18. The van der Waals surface area contributed by atoms with Crippen molar-refractivity contribution in [3.05, 3.63) is 125 Å². The molecular weight excluding hydrogens is 654 g/mol. The fourth-order valence-electron chi connectivity index (χ4n) is 4.88. The summed E-state index contributed by atoms with van der Waals surface area (Å²) in [6.45, 7) is 4.29. The van der Waals surface area contributed by atoms with Crippen LogP contribution in [0.1, 0.15) is 31.4 Å². The molecule has 2 amide bonds. The molecule has 4 aromatic rings. The topological polar surface area (TPSA) is 96.0 Å². The number of hydrogen-bond donors (Lipinski definition) is 1. The summed E-state index contributed by atoms with van der Waals surface area (Å²) in [5.41, 5.74) is 2.00. The molecule has 0 aliphatic carbocycles. The van der Waals surface area contributed by atoms with E-state index in [-0.39, 0.29) is 23.8 Å². The van der Waals surface area contributed by atoms with Gasteiger partial charge in [0.1, 0.15) is 18.3 Å². The maximum absolute atomic E-state index is 14.5. The Labute approximate surface area is 274 Å². The molecule has 0 fully saturated rings. The zero-order valence-electron chi connectivity index (χ0n) is 25.4. The number of hydrogen-bond acceptors (Lipinski definition) is 5. The van der Waals surface area contributed by atoms with Gasteiger partial charge in [0.15, 0.2) is 0 Å². The molecule has 0 spiro atoms. The van der Waals surface area contributed by atoms with E-state index in [4.69, 9.17) is 4.74 Å². The highest BCUT2D eigenvalue weighted by molar-refractivity contribution is 9.10. The zero-order valence-corrected chi connectivity index (χ0v) is 27.8. The molecule has 4 rings (SSSR count). The Kier molecular flexibility index (Phi) is 12.2. The minimum Gasteiger partial charge on any atom is -0.494 e. The number of halogens is 1. The van der Waals surface area contributed by atoms with Crippen molar-refractivity contribution in [2.45, 2.75) is 44.2 Å². The number of para-hydroxylation sites is 1. The van der Waals surface area contributed by atoms with Gasteiger partial charge in [-0.1, -0.05) is 83.5 Å². The molecule has 236 valence electrons. The molecule has 8 nitrogen and oxygen atoms in total. The van der Waals surface area contributed by atoms with E-state index in [1.54, 1.807) is 42.5 Å². The Morgan fingerprint density at radius 2 is 1.49 bits per heavy atom. The minimum atomic E-state index is -4.19. The lowest BCUT2D eigenvalue weighted by molar-refractivity contribution is -0.140. The van der Waals surface area contributed by atoms with Crippen molar-refractivity contribution < 1.29 is 22.7 Å². The first kappa shape index (κ1) is 33.7. The first-order valence-corrected chi connectivity index (χ1v) is 17.1. The molecule has 0 saturated heterocycles. The van der Waals surface area contributed by atoms with Crippen LogP contribution in [0.15, 0.2) is 119 Å². The second-order valence-corrected chi connectivity index (χ2v) is 13.2. The highest BCUT2D eigenvalue weighted by atomic mass is 79.9. The molecule has 1 N–H and O–H groups in total. The fourth-order valence-corrected chi connectivity index (χ4v) is 6.74. The number of carbonyl (C=O) groups excluding carboxylic acids is 2. The molecule has 45 heavy (non-hydrogen) atoms. The van der Waals surface area contributed by atoms with Crippen molar-refractivity contribution >= 4 is 43.5 Å². The van der Waals surface area contributed by atoms with Crippen LogP contribution in [0.5, 0.6) is 5.75 Å². The van der Waals surface area contributed by atoms with Crippen LogP contribution in [-0.2, 0) is 32.6 Å². The van der Waals surface area contributed by atoms with E-state index in [0.717, 1.165) is 26.3 Å². The average Bonchev–Trinajstić information content (AvgIpc) is 3.05. The largest absolute Gasteiger partial charge is 0.494 e. The zero-order chi connectivity index (χ0) is 32.2. The maximum atomic E-state index is 14.5. The SMILES string of the molecule is CCCNC(=O)C(Cc1ccccc1)N(Cc1cccc(Br)c1)C(=O)CN(c1ccccc1)S(=O)(=O)c1ccc(OCC)cc1. The summed E-state index contributed by atoms with van der Waals surface area (Å²) in [4.78, 5) is 29.7. The maximum Gasteiger partial charge on any atom is 0.264 e. The number of nitrogens with zero attached hydrogens (tertiary/aromatic N) is 2. The number of carbonyl (C=O) groups is 2. The van der Waals surface area contributed by atoms with Gasteiger partial charge >= 0.3 is 0 Å². The third-order valence-corrected chi connectivity index (χ3v) is 9.39. The summed E-state index contributed by atoms with van der Waals surface area (Å²) in [6.07, 6.45) is 0.985. The summed E-state index contributed by atoms with van der Waals surface area (Å²) in [5.74, 6) is -0.272. The molecule has 0 heterocycles. The lowest BCUT2D eigenvalue weighted by atomic mass is 10.0. The van der Waals surface area contributed by atoms with Gasteiger partial charge in [-0.3, -0.25) is 13.9 Å². The van der Waals surface area contributed by atoms with Gasteiger partial charge in [-0.05, 0) is 73.0 Å². The number of sulfonamides is 1. The number of rotatable bonds is 15. The predicted molar refractivity (Wildman–Crippen MR) is 181 cm³/mol. The highest BCUT2D eigenvalue weighted by Crippen LogP contribution is 2.26. The molecule has 0 radical (unpaired) electrons. The Morgan fingerprint density at radius 1 is 0.844 bits per heavy atom. The van der Waals surface area contributed by atoms with Gasteiger partial charge in [-0.15, -0.1) is 0 Å². The molecule has 1 atom stereocenters. The van der Waals surface area contributed by atoms with Crippen molar-refractivity contribution in [2.24, 2.45) is 0 Å². The Hall–Kier alpha value is -4.15. The van der Waals surface area contributed by atoms with Crippen molar-refractivity contribution in [1.82, 2.24) is 10.2 Å². The van der Waals surface area contributed by atoms with Crippen LogP contribution < -0.4 is 14.4 Å². The van der Waals surface area contributed by atoms with Crippen LogP contribution in [0, 0.1) is 0 Å². The molecule has 0 aliphatic heterocycles. The minimum absolute atomic E-state index is 0.0164. The molecule has 1 unspecified atom stereocenters. The number of nitrogens with one attached hydrogen (secondary N) is 1. The molecule has 4 aromatic carbocycles. The van der Waals surface area contributed by atoms with Crippen molar-refractivity contribution in [1.29, 1.82) is 0 Å². The molecule has 0 aromatic heterocycles. The van der Waals surface area contributed by atoms with Crippen LogP contribution >= 0.6 is 15.9 Å². The van der Waals surface area contributed by atoms with Crippen LogP contribution in [0.2, 0.25) is 0 Å². The summed E-state index contributed by atoms with van der Waals surface area (Å²) in [5, 5.41) is 2.96. The molecule has 0 saturated carbocycles. The number of amides is 2. The first-order chi connectivity index (χ1) is 21.7. The number of anilines is 1. The van der Waals surface area contributed by atoms with Crippen molar-refractivity contribution in [2.75, 3.05) is 24.0 Å². The fraction of sp³-hybridized carbons (Fsp3) is 0.257. The summed E-state index contributed by atoms with van der Waals surface area (Å²) in [6, 6.07) is 30.7. The van der Waals surface area contributed by atoms with Gasteiger partial charge in [0.25, 0.3) is 10.0 Å². The van der Waals surface area contributed by atoms with E-state index in [2.05, 4.69) is 21.2 Å². The van der Waals surface area contributed by atoms with Gasteiger partial charge in [0, 0.05) is 24.0 Å². The van der Waals surface area contributed by atoms with Gasteiger partial charge in [-0.25, -0.2) is 8.42 Å². The third-order valence-electron chi connectivity index (χ3n) is 7.11. The van der Waals surface area contributed by atoms with E-state index in [9.17, 15) is 18.0 Å². The quantitative estimate of drug-likeness (QED) is 0.160. The highest BCUT2D eigenvalue weighted by Gasteiger charge is 2.34. The number of ether oxygens (including phenoxy) is 1. The smallest absolute Gasteiger partial charge is 0.264 e. The Balaban J connectivity index is 1.77. The standard InChI is InChI=1S/C35H38BrN3O5S/c1-3-22-37-35(41)33(24-27-12-7-5-8-13-27)38(25-28-14-11-15-29(36)23-28)34(40)26-39(30-16-9-6-10-17-30)45(42,43)32-20-18-31(19-21-32)44-4-2/h5-21,23,33H,3-4,22,24-26H2,1-2H3,(H,37,41). The summed E-state index contributed by atoms with van der Waals surface area (Å²) >= 11 is 3.50. The van der Waals surface area contributed by atoms with E-state index in [1.807, 2.05) is 68.4 Å². The molecule has 0 aliphatic rings. The number of benzene rings is 4. The van der Waals surface area contributed by atoms with Crippen LogP contribution in [0.25, 0.3) is 0 Å². The predicted octanol–water partition coefficient (Wildman–Crippen LogP) is 6.21.